The van der Waals surface area contributed by atoms with E-state index in [9.17, 15) is 24.6 Å². The van der Waals surface area contributed by atoms with Crippen molar-refractivity contribution in [1.82, 2.24) is 5.32 Å². The first-order chi connectivity index (χ1) is 9.81. The van der Waals surface area contributed by atoms with Crippen molar-refractivity contribution in [3.05, 3.63) is 0 Å². The van der Waals surface area contributed by atoms with E-state index in [1.807, 2.05) is 0 Å². The zero-order chi connectivity index (χ0) is 16.0. The Kier molecular flexibility index (Phi) is 6.76. The fraction of sp³-hybridized carbons (Fsp3) is 0.727. The number of hydrogen-bond acceptors (Lipinski definition) is 7. The molecule has 0 aromatic carbocycles. The van der Waals surface area contributed by atoms with E-state index in [0.29, 0.717) is 0 Å². The highest BCUT2D eigenvalue weighted by atomic mass is 16.7. The van der Waals surface area contributed by atoms with E-state index >= 15 is 0 Å². The summed E-state index contributed by atoms with van der Waals surface area (Å²) in [5.41, 5.74) is -0.686. The lowest BCUT2D eigenvalue weighted by molar-refractivity contribution is -0.264. The second-order valence-corrected chi connectivity index (χ2v) is 4.50. The summed E-state index contributed by atoms with van der Waals surface area (Å²) in [5.74, 6) is -1.86. The number of aliphatic carboxylic acids is 1. The molecule has 1 fully saturated rings. The van der Waals surface area contributed by atoms with Crippen molar-refractivity contribution in [2.45, 2.75) is 37.4 Å². The van der Waals surface area contributed by atoms with Gasteiger partial charge in [0.15, 0.2) is 20.2 Å². The van der Waals surface area contributed by atoms with Gasteiger partial charge in [-0.05, 0) is 0 Å². The van der Waals surface area contributed by atoms with Gasteiger partial charge in [-0.1, -0.05) is 0 Å². The zero-order valence-corrected chi connectivity index (χ0v) is 11.1. The van der Waals surface area contributed by atoms with E-state index in [1.165, 1.54) is 0 Å². The average Bonchev–Trinajstić information content (AvgIpc) is 2.38. The molecule has 0 aromatic rings. The van der Waals surface area contributed by atoms with Crippen molar-refractivity contribution in [3.63, 3.8) is 0 Å². The molecule has 3 unspecified atom stereocenters. The van der Waals surface area contributed by atoms with Crippen molar-refractivity contribution in [1.29, 1.82) is 0 Å². The molecule has 0 saturated carbocycles. The molecular formula is C11H16BNO8. The maximum absolute atomic E-state index is 11.3. The third-order valence-electron chi connectivity index (χ3n) is 2.74. The molecule has 0 spiro atoms. The van der Waals surface area contributed by atoms with Crippen LogP contribution in [0.2, 0.25) is 0 Å². The van der Waals surface area contributed by atoms with E-state index in [1.54, 1.807) is 0 Å². The van der Waals surface area contributed by atoms with Gasteiger partial charge in [-0.25, -0.2) is 4.79 Å². The molecule has 116 valence electrons. The van der Waals surface area contributed by atoms with Crippen molar-refractivity contribution in [2.24, 2.45) is 0 Å². The largest absolute Gasteiger partial charge is 0.479 e. The summed E-state index contributed by atoms with van der Waals surface area (Å²) in [7, 11) is 4.84. The first-order valence-corrected chi connectivity index (χ1v) is 6.22. The molecule has 0 aromatic heterocycles. The van der Waals surface area contributed by atoms with Crippen LogP contribution >= 0.6 is 0 Å². The normalized spacial score (nSPS) is 28.9. The Morgan fingerprint density at radius 3 is 2.52 bits per heavy atom. The highest BCUT2D eigenvalue weighted by molar-refractivity contribution is 6.58. The fourth-order valence-electron chi connectivity index (χ4n) is 1.72. The topological polar surface area (TPSA) is 142 Å². The molecule has 0 bridgehead atoms. The zero-order valence-electron chi connectivity index (χ0n) is 11.1. The summed E-state index contributed by atoms with van der Waals surface area (Å²) in [5, 5.41) is 30.1. The molecular weight excluding hydrogens is 285 g/mol. The molecule has 9 nitrogen and oxygen atoms in total. The maximum Gasteiger partial charge on any atom is 0.335 e. The molecule has 1 saturated heterocycles. The molecule has 1 amide bonds. The van der Waals surface area contributed by atoms with Crippen LogP contribution in [0.3, 0.4) is 0 Å². The molecule has 1 rings (SSSR count). The summed E-state index contributed by atoms with van der Waals surface area (Å²) in [4.78, 5) is 32.5. The van der Waals surface area contributed by atoms with Crippen LogP contribution in [-0.4, -0.2) is 78.5 Å². The smallest absolute Gasteiger partial charge is 0.335 e. The van der Waals surface area contributed by atoms with Crippen LogP contribution in [0.25, 0.3) is 0 Å². The van der Waals surface area contributed by atoms with Crippen molar-refractivity contribution in [3.8, 4) is 0 Å². The third-order valence-corrected chi connectivity index (χ3v) is 2.74. The number of carbonyl (C=O) groups is 3. The molecule has 0 aliphatic carbocycles. The highest BCUT2D eigenvalue weighted by Gasteiger charge is 2.40. The second-order valence-electron chi connectivity index (χ2n) is 4.50. The molecule has 1 aliphatic heterocycles. The predicted molar refractivity (Wildman–Crippen MR) is 67.3 cm³/mol. The van der Waals surface area contributed by atoms with E-state index in [2.05, 4.69) is 5.32 Å². The van der Waals surface area contributed by atoms with E-state index in [-0.39, 0.29) is 26.0 Å². The Hall–Kier alpha value is -1.49. The molecule has 4 atom stereocenters. The fourth-order valence-corrected chi connectivity index (χ4v) is 1.72. The molecule has 1 aliphatic rings. The Morgan fingerprint density at radius 1 is 1.29 bits per heavy atom. The minimum absolute atomic E-state index is 0.125. The van der Waals surface area contributed by atoms with Crippen LogP contribution in [-0.2, 0) is 23.9 Å². The Morgan fingerprint density at radius 2 is 1.95 bits per heavy atom. The van der Waals surface area contributed by atoms with Gasteiger partial charge in [-0.15, -0.1) is 0 Å². The first kappa shape index (κ1) is 17.6. The molecule has 1 heterocycles. The lowest BCUT2D eigenvalue weighted by Gasteiger charge is -2.34. The summed E-state index contributed by atoms with van der Waals surface area (Å²) in [6, 6.07) is 0. The van der Waals surface area contributed by atoms with Crippen LogP contribution in [0, 0.1) is 0 Å². The van der Waals surface area contributed by atoms with E-state index < -0.39 is 42.2 Å². The molecule has 21 heavy (non-hydrogen) atoms. The van der Waals surface area contributed by atoms with Crippen LogP contribution in [0.1, 0.15) is 12.8 Å². The summed E-state index contributed by atoms with van der Waals surface area (Å²) < 4.78 is 10.0. The minimum atomic E-state index is -1.50. The lowest BCUT2D eigenvalue weighted by Crippen LogP contribution is -2.51. The van der Waals surface area contributed by atoms with Gasteiger partial charge in [-0.3, -0.25) is 4.79 Å². The van der Waals surface area contributed by atoms with Crippen molar-refractivity contribution >= 4 is 25.4 Å². The van der Waals surface area contributed by atoms with E-state index in [0.717, 1.165) is 0 Å². The Balaban J connectivity index is 2.35. The standard InChI is InChI=1S/C11H16BNO8/c12-7(16)4-13-8(17)1-2-20-11-6(15)3-5(14)9(21-11)10(18)19/h5-6,9,11,14-15H,1-4H2,(H,13,17)(H,18,19)/t5?,6?,9-,11?/m0/s1. The van der Waals surface area contributed by atoms with Gasteiger partial charge in [0.25, 0.3) is 0 Å². The van der Waals surface area contributed by atoms with Gasteiger partial charge in [0, 0.05) is 6.42 Å². The second kappa shape index (κ2) is 8.08. The SMILES string of the molecule is [B]C(=O)CNC(=O)CCOC1O[C@H](C(=O)O)C(O)CC1O. The molecule has 4 N–H and O–H groups in total. The Bertz CT molecular complexity index is 404. The van der Waals surface area contributed by atoms with Crippen LogP contribution in [0.4, 0.5) is 0 Å². The van der Waals surface area contributed by atoms with Gasteiger partial charge in [0.05, 0.1) is 31.4 Å². The number of aliphatic hydroxyl groups is 2. The van der Waals surface area contributed by atoms with Gasteiger partial charge >= 0.3 is 5.97 Å². The van der Waals surface area contributed by atoms with Gasteiger partial charge < -0.3 is 34.9 Å². The minimum Gasteiger partial charge on any atom is -0.479 e. The average molecular weight is 301 g/mol. The lowest BCUT2D eigenvalue weighted by atomic mass is 10.0. The number of rotatable bonds is 7. The third kappa shape index (κ3) is 5.80. The predicted octanol–water partition coefficient (Wildman–Crippen LogP) is -2.87. The summed E-state index contributed by atoms with van der Waals surface area (Å²) >= 11 is 0. The summed E-state index contributed by atoms with van der Waals surface area (Å²) in [6.07, 6.45) is -5.63. The molecule has 2 radical (unpaired) electrons. The first-order valence-electron chi connectivity index (χ1n) is 6.22. The van der Waals surface area contributed by atoms with Crippen molar-refractivity contribution < 1.29 is 39.2 Å². The summed E-state index contributed by atoms with van der Waals surface area (Å²) in [6.45, 7) is -0.455. The number of carbonyl (C=O) groups excluding carboxylic acids is 2. The van der Waals surface area contributed by atoms with Crippen LogP contribution in [0.15, 0.2) is 0 Å². The van der Waals surface area contributed by atoms with Crippen molar-refractivity contribution in [2.75, 3.05) is 13.2 Å². The van der Waals surface area contributed by atoms with Gasteiger partial charge in [0.2, 0.25) is 5.91 Å². The quantitative estimate of drug-likeness (QED) is 0.367. The number of ether oxygens (including phenoxy) is 2. The van der Waals surface area contributed by atoms with Gasteiger partial charge in [-0.2, -0.15) is 0 Å². The van der Waals surface area contributed by atoms with Crippen LogP contribution < -0.4 is 5.32 Å². The maximum atomic E-state index is 11.3. The monoisotopic (exact) mass is 301 g/mol. The Labute approximate surface area is 121 Å². The van der Waals surface area contributed by atoms with Crippen LogP contribution in [0.5, 0.6) is 0 Å². The molecule has 10 heteroatoms. The number of nitrogens with one attached hydrogen (secondary N) is 1. The van der Waals surface area contributed by atoms with E-state index in [4.69, 9.17) is 22.4 Å². The van der Waals surface area contributed by atoms with Gasteiger partial charge in [0.1, 0.15) is 6.10 Å². The highest BCUT2D eigenvalue weighted by Crippen LogP contribution is 2.21. The number of aliphatic hydroxyl groups excluding tert-OH is 2. The number of amides is 1. The number of hydrogen-bond donors (Lipinski definition) is 4. The number of carboxylic acids is 1. The number of carboxylic acid groups (broad SMARTS) is 1.